The molecular formula is C23H21FN2O3. The van der Waals surface area contributed by atoms with Crippen LogP contribution in [0.4, 0.5) is 4.39 Å². The Bertz CT molecular complexity index is 973. The molecule has 0 fully saturated rings. The van der Waals surface area contributed by atoms with E-state index in [4.69, 9.17) is 9.47 Å². The Labute approximate surface area is 168 Å². The minimum atomic E-state index is -0.422. The third kappa shape index (κ3) is 5.90. The molecule has 0 unspecified atom stereocenters. The Kier molecular flexibility index (Phi) is 6.95. The fraction of sp³-hybridized carbons (Fsp3) is 0.130. The summed E-state index contributed by atoms with van der Waals surface area (Å²) >= 11 is 0. The second-order valence-electron chi connectivity index (χ2n) is 6.12. The van der Waals surface area contributed by atoms with Crippen LogP contribution in [0.2, 0.25) is 0 Å². The Hall–Kier alpha value is -3.67. The van der Waals surface area contributed by atoms with Crippen LogP contribution >= 0.6 is 0 Å². The first-order valence-corrected chi connectivity index (χ1v) is 9.18. The van der Waals surface area contributed by atoms with Crippen LogP contribution in [0.1, 0.15) is 28.4 Å². The summed E-state index contributed by atoms with van der Waals surface area (Å²) < 4.78 is 24.5. The number of carbonyl (C=O) groups is 1. The van der Waals surface area contributed by atoms with Crippen molar-refractivity contribution >= 4 is 12.1 Å². The van der Waals surface area contributed by atoms with Gasteiger partial charge in [-0.3, -0.25) is 4.79 Å². The van der Waals surface area contributed by atoms with Gasteiger partial charge >= 0.3 is 0 Å². The van der Waals surface area contributed by atoms with Crippen molar-refractivity contribution in [3.63, 3.8) is 0 Å². The number of hydrazone groups is 1. The van der Waals surface area contributed by atoms with Crippen LogP contribution in [0, 0.1) is 5.82 Å². The largest absolute Gasteiger partial charge is 0.490 e. The van der Waals surface area contributed by atoms with E-state index in [1.165, 1.54) is 30.5 Å². The molecular weight excluding hydrogens is 371 g/mol. The van der Waals surface area contributed by atoms with Crippen molar-refractivity contribution in [2.75, 3.05) is 6.61 Å². The van der Waals surface area contributed by atoms with E-state index in [9.17, 15) is 9.18 Å². The highest BCUT2D eigenvalue weighted by Crippen LogP contribution is 2.28. The Morgan fingerprint density at radius 1 is 1.00 bits per heavy atom. The Morgan fingerprint density at radius 3 is 2.48 bits per heavy atom. The zero-order valence-electron chi connectivity index (χ0n) is 16.0. The van der Waals surface area contributed by atoms with E-state index in [0.29, 0.717) is 30.3 Å². The molecule has 0 aliphatic heterocycles. The summed E-state index contributed by atoms with van der Waals surface area (Å²) in [6, 6.07) is 20.5. The monoisotopic (exact) mass is 392 g/mol. The third-order valence-electron chi connectivity index (χ3n) is 3.99. The smallest absolute Gasteiger partial charge is 0.271 e. The molecule has 0 aromatic heterocycles. The SMILES string of the molecule is CCOc1cc(/C=N/NC(=O)c2ccc(F)cc2)ccc1OCc1ccccc1. The number of carbonyl (C=O) groups excluding carboxylic acids is 1. The molecule has 3 aromatic rings. The lowest BCUT2D eigenvalue weighted by Gasteiger charge is -2.12. The van der Waals surface area contributed by atoms with Crippen molar-refractivity contribution < 1.29 is 18.7 Å². The normalized spacial score (nSPS) is 10.7. The average Bonchev–Trinajstić information content (AvgIpc) is 2.74. The van der Waals surface area contributed by atoms with Gasteiger partial charge in [-0.1, -0.05) is 30.3 Å². The number of amides is 1. The second kappa shape index (κ2) is 10.0. The highest BCUT2D eigenvalue weighted by molar-refractivity contribution is 5.94. The molecule has 6 heteroatoms. The molecule has 29 heavy (non-hydrogen) atoms. The minimum absolute atomic E-state index is 0.322. The van der Waals surface area contributed by atoms with Crippen LogP contribution in [-0.2, 0) is 6.61 Å². The van der Waals surface area contributed by atoms with Crippen molar-refractivity contribution in [2.24, 2.45) is 5.10 Å². The first-order chi connectivity index (χ1) is 14.2. The molecule has 3 rings (SSSR count). The van der Waals surface area contributed by atoms with E-state index < -0.39 is 11.7 Å². The molecule has 0 saturated carbocycles. The van der Waals surface area contributed by atoms with Gasteiger partial charge in [-0.25, -0.2) is 9.82 Å². The van der Waals surface area contributed by atoms with Crippen molar-refractivity contribution in [3.8, 4) is 11.5 Å². The van der Waals surface area contributed by atoms with Gasteiger partial charge in [-0.05, 0) is 60.5 Å². The van der Waals surface area contributed by atoms with Gasteiger partial charge in [0, 0.05) is 5.56 Å². The molecule has 0 atom stereocenters. The van der Waals surface area contributed by atoms with Crippen molar-refractivity contribution in [1.29, 1.82) is 0 Å². The average molecular weight is 392 g/mol. The van der Waals surface area contributed by atoms with Gasteiger partial charge in [0.25, 0.3) is 5.91 Å². The molecule has 0 radical (unpaired) electrons. The quantitative estimate of drug-likeness (QED) is 0.451. The molecule has 0 saturated heterocycles. The van der Waals surface area contributed by atoms with Gasteiger partial charge in [0.05, 0.1) is 12.8 Å². The maximum Gasteiger partial charge on any atom is 0.271 e. The van der Waals surface area contributed by atoms with E-state index in [2.05, 4.69) is 10.5 Å². The van der Waals surface area contributed by atoms with Crippen LogP contribution in [0.5, 0.6) is 11.5 Å². The van der Waals surface area contributed by atoms with Crippen molar-refractivity contribution in [2.45, 2.75) is 13.5 Å². The van der Waals surface area contributed by atoms with E-state index >= 15 is 0 Å². The molecule has 0 bridgehead atoms. The maximum absolute atomic E-state index is 12.9. The molecule has 0 heterocycles. The number of nitrogens with one attached hydrogen (secondary N) is 1. The summed E-state index contributed by atoms with van der Waals surface area (Å²) in [5.41, 5.74) is 4.53. The maximum atomic E-state index is 12.9. The molecule has 1 amide bonds. The van der Waals surface area contributed by atoms with Gasteiger partial charge in [0.15, 0.2) is 11.5 Å². The second-order valence-corrected chi connectivity index (χ2v) is 6.12. The predicted octanol–water partition coefficient (Wildman–Crippen LogP) is 4.57. The standard InChI is InChI=1S/C23H21FN2O3/c1-2-28-22-14-18(8-13-21(22)29-16-17-6-4-3-5-7-17)15-25-26-23(27)19-9-11-20(24)12-10-19/h3-15H,2,16H2,1H3,(H,26,27)/b25-15+. The zero-order valence-corrected chi connectivity index (χ0v) is 16.0. The fourth-order valence-corrected chi connectivity index (χ4v) is 2.56. The first kappa shape index (κ1) is 20.1. The highest BCUT2D eigenvalue weighted by Gasteiger charge is 2.07. The lowest BCUT2D eigenvalue weighted by atomic mass is 10.2. The fourth-order valence-electron chi connectivity index (χ4n) is 2.56. The van der Waals surface area contributed by atoms with Crippen LogP contribution in [0.25, 0.3) is 0 Å². The molecule has 0 spiro atoms. The Morgan fingerprint density at radius 2 is 1.76 bits per heavy atom. The minimum Gasteiger partial charge on any atom is -0.490 e. The number of ether oxygens (including phenoxy) is 2. The summed E-state index contributed by atoms with van der Waals surface area (Å²) in [6.07, 6.45) is 1.50. The van der Waals surface area contributed by atoms with Crippen molar-refractivity contribution in [3.05, 3.63) is 95.3 Å². The number of rotatable bonds is 8. The molecule has 1 N–H and O–H groups in total. The van der Waals surface area contributed by atoms with E-state index in [0.717, 1.165) is 11.1 Å². The van der Waals surface area contributed by atoms with Crippen LogP contribution in [-0.4, -0.2) is 18.7 Å². The van der Waals surface area contributed by atoms with Gasteiger partial charge in [-0.15, -0.1) is 0 Å². The number of hydrogen-bond acceptors (Lipinski definition) is 4. The van der Waals surface area contributed by atoms with Gasteiger partial charge in [-0.2, -0.15) is 5.10 Å². The number of nitrogens with zero attached hydrogens (tertiary/aromatic N) is 1. The van der Waals surface area contributed by atoms with E-state index in [1.807, 2.05) is 43.3 Å². The van der Waals surface area contributed by atoms with Crippen LogP contribution in [0.3, 0.4) is 0 Å². The first-order valence-electron chi connectivity index (χ1n) is 9.18. The number of benzene rings is 3. The summed E-state index contributed by atoms with van der Waals surface area (Å²) in [7, 11) is 0. The number of halogens is 1. The van der Waals surface area contributed by atoms with Crippen LogP contribution in [0.15, 0.2) is 77.9 Å². The third-order valence-corrected chi connectivity index (χ3v) is 3.99. The molecule has 5 nitrogen and oxygen atoms in total. The van der Waals surface area contributed by atoms with E-state index in [-0.39, 0.29) is 0 Å². The van der Waals surface area contributed by atoms with Crippen LogP contribution < -0.4 is 14.9 Å². The molecule has 0 aliphatic rings. The molecule has 0 aliphatic carbocycles. The summed E-state index contributed by atoms with van der Waals surface area (Å²) in [4.78, 5) is 12.0. The molecule has 3 aromatic carbocycles. The lowest BCUT2D eigenvalue weighted by molar-refractivity contribution is 0.0955. The summed E-state index contributed by atoms with van der Waals surface area (Å²) in [5.74, 6) is 0.401. The zero-order chi connectivity index (χ0) is 20.5. The topological polar surface area (TPSA) is 59.9 Å². The highest BCUT2D eigenvalue weighted by atomic mass is 19.1. The predicted molar refractivity (Wildman–Crippen MR) is 110 cm³/mol. The van der Waals surface area contributed by atoms with Gasteiger partial charge in [0.1, 0.15) is 12.4 Å². The molecule has 148 valence electrons. The lowest BCUT2D eigenvalue weighted by Crippen LogP contribution is -2.17. The van der Waals surface area contributed by atoms with E-state index in [1.54, 1.807) is 12.1 Å². The van der Waals surface area contributed by atoms with Crippen molar-refractivity contribution in [1.82, 2.24) is 5.43 Å². The summed E-state index contributed by atoms with van der Waals surface area (Å²) in [5, 5.41) is 3.95. The van der Waals surface area contributed by atoms with Gasteiger partial charge < -0.3 is 9.47 Å². The summed E-state index contributed by atoms with van der Waals surface area (Å²) in [6.45, 7) is 2.82. The number of hydrogen-bond donors (Lipinski definition) is 1. The van der Waals surface area contributed by atoms with Gasteiger partial charge in [0.2, 0.25) is 0 Å². The Balaban J connectivity index is 1.64.